The highest BCUT2D eigenvalue weighted by Gasteiger charge is 2.18. The lowest BCUT2D eigenvalue weighted by Crippen LogP contribution is -2.14. The van der Waals surface area contributed by atoms with Gasteiger partial charge in [-0.25, -0.2) is 0 Å². The summed E-state index contributed by atoms with van der Waals surface area (Å²) in [5.74, 6) is 0.242. The van der Waals surface area contributed by atoms with Crippen molar-refractivity contribution < 1.29 is 4.79 Å². The van der Waals surface area contributed by atoms with E-state index in [4.69, 9.17) is 0 Å². The van der Waals surface area contributed by atoms with Crippen LogP contribution in [0.25, 0.3) is 0 Å². The van der Waals surface area contributed by atoms with Crippen LogP contribution in [-0.4, -0.2) is 5.78 Å². The van der Waals surface area contributed by atoms with Crippen molar-refractivity contribution in [3.63, 3.8) is 0 Å². The Morgan fingerprint density at radius 3 is 2.73 bits per heavy atom. The molecule has 0 spiro atoms. The molecule has 1 aliphatic carbocycles. The lowest BCUT2D eigenvalue weighted by atomic mass is 9.92. The Hall–Kier alpha value is -0.900. The molecule has 0 fully saturated rings. The molecular weight excluding hydrogens is 299 g/mol. The van der Waals surface area contributed by atoms with E-state index in [9.17, 15) is 4.79 Å². The minimum Gasteiger partial charge on any atom is -0.293 e. The number of ketones is 1. The van der Waals surface area contributed by atoms with Crippen LogP contribution in [-0.2, 0) is 0 Å². The normalized spacial score (nSPS) is 19.1. The summed E-state index contributed by atoms with van der Waals surface area (Å²) >= 11 is 2.21. The topological polar surface area (TPSA) is 17.1 Å². The summed E-state index contributed by atoms with van der Waals surface area (Å²) in [4.78, 5) is 12.1. The largest absolute Gasteiger partial charge is 0.293 e. The van der Waals surface area contributed by atoms with Gasteiger partial charge in [0.25, 0.3) is 0 Å². The lowest BCUT2D eigenvalue weighted by molar-refractivity contribution is 0.0944. The van der Waals surface area contributed by atoms with E-state index in [1.807, 2.05) is 48.6 Å². The van der Waals surface area contributed by atoms with Crippen LogP contribution in [0.3, 0.4) is 0 Å². The Morgan fingerprint density at radius 1 is 1.27 bits per heavy atom. The zero-order valence-corrected chi connectivity index (χ0v) is 10.3. The third-order valence-electron chi connectivity index (χ3n) is 2.46. The number of Topliss-reactive ketones (excluding diaryl/α,β-unsaturated/α-hetero) is 1. The molecule has 76 valence electrons. The fraction of sp³-hybridized carbons (Fsp3) is 0.154. The first-order chi connectivity index (χ1) is 7.29. The average Bonchev–Trinajstić information content (AvgIpc) is 2.30. The molecule has 1 nitrogen and oxygen atoms in total. The molecule has 2 heteroatoms. The summed E-state index contributed by atoms with van der Waals surface area (Å²) in [7, 11) is 0. The Bertz CT molecular complexity index is 432. The Labute approximate surface area is 103 Å². The van der Waals surface area contributed by atoms with Crippen LogP contribution in [0, 0.1) is 9.49 Å². The maximum Gasteiger partial charge on any atom is 0.171 e. The quantitative estimate of drug-likeness (QED) is 0.602. The molecule has 2 rings (SSSR count). The van der Waals surface area contributed by atoms with Gasteiger partial charge in [0.15, 0.2) is 5.78 Å². The van der Waals surface area contributed by atoms with Gasteiger partial charge in [0, 0.05) is 15.1 Å². The van der Waals surface area contributed by atoms with Crippen LogP contribution in [0.1, 0.15) is 16.8 Å². The highest BCUT2D eigenvalue weighted by molar-refractivity contribution is 14.1. The van der Waals surface area contributed by atoms with Crippen molar-refractivity contribution in [2.24, 2.45) is 5.92 Å². The van der Waals surface area contributed by atoms with E-state index in [2.05, 4.69) is 22.6 Å². The van der Waals surface area contributed by atoms with Gasteiger partial charge in [0.2, 0.25) is 0 Å². The Morgan fingerprint density at radius 2 is 2.07 bits per heavy atom. The summed E-state index contributed by atoms with van der Waals surface area (Å²) < 4.78 is 1.03. The average molecular weight is 310 g/mol. The molecule has 1 aromatic carbocycles. The standard InChI is InChI=1S/C13H11IO/c14-12-9-5-4-8-11(12)13(15)10-6-2-1-3-7-10/h1-6,8-10H,7H2. The summed E-state index contributed by atoms with van der Waals surface area (Å²) in [5.41, 5.74) is 0.836. The van der Waals surface area contributed by atoms with Gasteiger partial charge in [0.05, 0.1) is 0 Å². The van der Waals surface area contributed by atoms with Crippen LogP contribution in [0.5, 0.6) is 0 Å². The summed E-state index contributed by atoms with van der Waals surface area (Å²) in [6, 6.07) is 7.74. The predicted octanol–water partition coefficient (Wildman–Crippen LogP) is 3.61. The molecule has 15 heavy (non-hydrogen) atoms. The van der Waals surface area contributed by atoms with Gasteiger partial charge < -0.3 is 0 Å². The van der Waals surface area contributed by atoms with Crippen LogP contribution in [0.4, 0.5) is 0 Å². The van der Waals surface area contributed by atoms with Gasteiger partial charge >= 0.3 is 0 Å². The second-order valence-electron chi connectivity index (χ2n) is 3.50. The molecule has 0 amide bonds. The van der Waals surface area contributed by atoms with E-state index < -0.39 is 0 Å². The minimum absolute atomic E-state index is 0.0194. The van der Waals surface area contributed by atoms with E-state index >= 15 is 0 Å². The molecule has 0 radical (unpaired) electrons. The summed E-state index contributed by atoms with van der Waals surface area (Å²) in [6.07, 6.45) is 8.77. The highest BCUT2D eigenvalue weighted by Crippen LogP contribution is 2.21. The van der Waals surface area contributed by atoms with Crippen molar-refractivity contribution in [3.05, 3.63) is 57.7 Å². The first-order valence-corrected chi connectivity index (χ1v) is 5.99. The van der Waals surface area contributed by atoms with Crippen molar-refractivity contribution in [3.8, 4) is 0 Å². The van der Waals surface area contributed by atoms with Crippen molar-refractivity contribution in [2.75, 3.05) is 0 Å². The third-order valence-corrected chi connectivity index (χ3v) is 3.40. The van der Waals surface area contributed by atoms with Crippen molar-refractivity contribution >= 4 is 28.4 Å². The molecule has 0 heterocycles. The van der Waals surface area contributed by atoms with Crippen molar-refractivity contribution in [1.82, 2.24) is 0 Å². The number of hydrogen-bond donors (Lipinski definition) is 0. The third kappa shape index (κ3) is 2.37. The van der Waals surface area contributed by atoms with Crippen LogP contribution in [0.2, 0.25) is 0 Å². The molecule has 0 bridgehead atoms. The molecule has 1 unspecified atom stereocenters. The molecule has 1 atom stereocenters. The van der Waals surface area contributed by atoms with Crippen molar-refractivity contribution in [1.29, 1.82) is 0 Å². The molecule has 0 saturated heterocycles. The minimum atomic E-state index is 0.0194. The van der Waals surface area contributed by atoms with Crippen LogP contribution >= 0.6 is 22.6 Å². The van der Waals surface area contributed by atoms with Gasteiger partial charge in [-0.05, 0) is 35.1 Å². The fourth-order valence-corrected chi connectivity index (χ4v) is 2.29. The van der Waals surface area contributed by atoms with Crippen LogP contribution < -0.4 is 0 Å². The number of allylic oxidation sites excluding steroid dienone is 4. The fourth-order valence-electron chi connectivity index (χ4n) is 1.64. The molecule has 1 aliphatic rings. The number of carbonyl (C=O) groups excluding carboxylic acids is 1. The van der Waals surface area contributed by atoms with Gasteiger partial charge in [0.1, 0.15) is 0 Å². The Kier molecular flexibility index (Phi) is 3.36. The zero-order chi connectivity index (χ0) is 10.7. The van der Waals surface area contributed by atoms with E-state index in [1.54, 1.807) is 0 Å². The molecule has 0 saturated carbocycles. The van der Waals surface area contributed by atoms with Gasteiger partial charge in [-0.2, -0.15) is 0 Å². The maximum absolute atomic E-state index is 12.1. The number of hydrogen-bond acceptors (Lipinski definition) is 1. The molecule has 0 aromatic heterocycles. The second-order valence-corrected chi connectivity index (χ2v) is 4.66. The number of rotatable bonds is 2. The van der Waals surface area contributed by atoms with E-state index in [1.165, 1.54) is 0 Å². The smallest absolute Gasteiger partial charge is 0.171 e. The molecular formula is C13H11IO. The molecule has 0 aliphatic heterocycles. The van der Waals surface area contributed by atoms with Gasteiger partial charge in [-0.1, -0.05) is 42.5 Å². The first-order valence-electron chi connectivity index (χ1n) is 4.91. The summed E-state index contributed by atoms with van der Waals surface area (Å²) in [5, 5.41) is 0. The van der Waals surface area contributed by atoms with E-state index in [0.29, 0.717) is 0 Å². The van der Waals surface area contributed by atoms with E-state index in [0.717, 1.165) is 15.6 Å². The first kappa shape index (κ1) is 10.6. The van der Waals surface area contributed by atoms with Gasteiger partial charge in [-0.3, -0.25) is 4.79 Å². The second kappa shape index (κ2) is 4.75. The number of carbonyl (C=O) groups is 1. The zero-order valence-electron chi connectivity index (χ0n) is 8.19. The predicted molar refractivity (Wildman–Crippen MR) is 69.9 cm³/mol. The highest BCUT2D eigenvalue weighted by atomic mass is 127. The van der Waals surface area contributed by atoms with Crippen LogP contribution in [0.15, 0.2) is 48.6 Å². The molecule has 1 aromatic rings. The number of halogens is 1. The number of benzene rings is 1. The lowest BCUT2D eigenvalue weighted by Gasteiger charge is -2.12. The van der Waals surface area contributed by atoms with Crippen molar-refractivity contribution in [2.45, 2.75) is 6.42 Å². The maximum atomic E-state index is 12.1. The van der Waals surface area contributed by atoms with Gasteiger partial charge in [-0.15, -0.1) is 0 Å². The monoisotopic (exact) mass is 310 g/mol. The SMILES string of the molecule is O=C(c1ccccc1I)C1C=CC=CC1. The summed E-state index contributed by atoms with van der Waals surface area (Å²) in [6.45, 7) is 0. The Balaban J connectivity index is 2.25. The molecule has 0 N–H and O–H groups in total. The van der Waals surface area contributed by atoms with E-state index in [-0.39, 0.29) is 11.7 Å².